The molecule has 0 heterocycles. The summed E-state index contributed by atoms with van der Waals surface area (Å²) in [6.45, 7) is 3.09. The van der Waals surface area contributed by atoms with Crippen LogP contribution >= 0.6 is 0 Å². The largest absolute Gasteiger partial charge is 0.504 e. The fraction of sp³-hybridized carbons (Fsp3) is 0.300. The Morgan fingerprint density at radius 2 is 1.68 bits per heavy atom. The van der Waals surface area contributed by atoms with Gasteiger partial charge in [0.25, 0.3) is 0 Å². The van der Waals surface area contributed by atoms with Gasteiger partial charge in [-0.1, -0.05) is 42.5 Å². The average Bonchev–Trinajstić information content (AvgIpc) is 2.54. The standard InChI is InChI=1S/C20H24O5/c1-16(21)24-14-10-8-6-4-3-5-7-9-11-18-12-13-19(23)20(15-18)25-17(2)22/h3-8,12-13,15,23H,9-11,14H2,1-2H3. The minimum atomic E-state index is -0.460. The average molecular weight is 344 g/mol. The van der Waals surface area contributed by atoms with Crippen molar-refractivity contribution in [1.29, 1.82) is 0 Å². The van der Waals surface area contributed by atoms with Crippen molar-refractivity contribution < 1.29 is 24.2 Å². The summed E-state index contributed by atoms with van der Waals surface area (Å²) in [4.78, 5) is 21.5. The van der Waals surface area contributed by atoms with Crippen LogP contribution in [0.15, 0.2) is 54.7 Å². The predicted molar refractivity (Wildman–Crippen MR) is 96.4 cm³/mol. The third kappa shape index (κ3) is 9.81. The molecule has 5 heteroatoms. The van der Waals surface area contributed by atoms with Gasteiger partial charge in [0.15, 0.2) is 11.5 Å². The van der Waals surface area contributed by atoms with Crippen molar-refractivity contribution >= 4 is 11.9 Å². The Hall–Kier alpha value is -2.82. The lowest BCUT2D eigenvalue weighted by molar-refractivity contribution is -0.140. The second-order valence-electron chi connectivity index (χ2n) is 5.30. The molecule has 1 N–H and O–H groups in total. The molecule has 1 aromatic rings. The number of esters is 2. The zero-order chi connectivity index (χ0) is 18.5. The molecule has 0 aromatic heterocycles. The number of ether oxygens (including phenoxy) is 2. The van der Waals surface area contributed by atoms with Crippen LogP contribution in [0, 0.1) is 0 Å². The first kappa shape index (κ1) is 20.2. The summed E-state index contributed by atoms with van der Waals surface area (Å²) in [7, 11) is 0. The molecule has 0 unspecified atom stereocenters. The maximum Gasteiger partial charge on any atom is 0.308 e. The van der Waals surface area contributed by atoms with E-state index in [0.29, 0.717) is 13.0 Å². The SMILES string of the molecule is CC(=O)OCCC=CC=CC=CCCc1ccc(O)c(OC(C)=O)c1. The molecule has 0 aliphatic rings. The quantitative estimate of drug-likeness (QED) is 0.319. The number of benzene rings is 1. The number of phenolic OH excluding ortho intramolecular Hbond substituents is 1. The number of carbonyl (C=O) groups is 2. The number of phenols is 1. The first-order chi connectivity index (χ1) is 12.0. The topological polar surface area (TPSA) is 72.8 Å². The molecule has 0 saturated carbocycles. The monoisotopic (exact) mass is 344 g/mol. The third-order valence-electron chi connectivity index (χ3n) is 3.07. The molecule has 0 aliphatic heterocycles. The van der Waals surface area contributed by atoms with E-state index in [4.69, 9.17) is 9.47 Å². The van der Waals surface area contributed by atoms with Crippen LogP contribution in [0.2, 0.25) is 0 Å². The number of rotatable bonds is 9. The Kier molecular flexibility index (Phi) is 9.45. The summed E-state index contributed by atoms with van der Waals surface area (Å²) in [5.41, 5.74) is 0.980. The second-order valence-corrected chi connectivity index (χ2v) is 5.30. The van der Waals surface area contributed by atoms with Crippen molar-refractivity contribution in [2.75, 3.05) is 6.61 Å². The van der Waals surface area contributed by atoms with E-state index in [1.165, 1.54) is 19.9 Å². The van der Waals surface area contributed by atoms with Crippen LogP contribution in [0.3, 0.4) is 0 Å². The van der Waals surface area contributed by atoms with Gasteiger partial charge in [-0.05, 0) is 37.0 Å². The molecular formula is C20H24O5. The first-order valence-corrected chi connectivity index (χ1v) is 8.11. The van der Waals surface area contributed by atoms with E-state index in [-0.39, 0.29) is 17.5 Å². The highest BCUT2D eigenvalue weighted by Gasteiger charge is 2.06. The van der Waals surface area contributed by atoms with Crippen molar-refractivity contribution in [1.82, 2.24) is 0 Å². The van der Waals surface area contributed by atoms with Gasteiger partial charge in [0.05, 0.1) is 6.61 Å². The number of hydrogen-bond acceptors (Lipinski definition) is 5. The van der Waals surface area contributed by atoms with Crippen LogP contribution in [0.1, 0.15) is 32.3 Å². The van der Waals surface area contributed by atoms with Crippen LogP contribution in [0.25, 0.3) is 0 Å². The smallest absolute Gasteiger partial charge is 0.308 e. The molecule has 1 rings (SSSR count). The highest BCUT2D eigenvalue weighted by Crippen LogP contribution is 2.27. The summed E-state index contributed by atoms with van der Waals surface area (Å²) < 4.78 is 9.75. The molecule has 0 bridgehead atoms. The van der Waals surface area contributed by atoms with E-state index in [1.807, 2.05) is 36.5 Å². The van der Waals surface area contributed by atoms with Crippen LogP contribution < -0.4 is 4.74 Å². The van der Waals surface area contributed by atoms with Crippen molar-refractivity contribution in [2.45, 2.75) is 33.1 Å². The van der Waals surface area contributed by atoms with E-state index in [1.54, 1.807) is 12.1 Å². The van der Waals surface area contributed by atoms with E-state index in [9.17, 15) is 14.7 Å². The molecular weight excluding hydrogens is 320 g/mol. The second kappa shape index (κ2) is 11.7. The van der Waals surface area contributed by atoms with Crippen LogP contribution in [0.4, 0.5) is 0 Å². The fourth-order valence-electron chi connectivity index (χ4n) is 1.95. The zero-order valence-electron chi connectivity index (χ0n) is 14.6. The molecule has 134 valence electrons. The molecule has 5 nitrogen and oxygen atoms in total. The van der Waals surface area contributed by atoms with Gasteiger partial charge >= 0.3 is 11.9 Å². The zero-order valence-corrected chi connectivity index (χ0v) is 14.6. The lowest BCUT2D eigenvalue weighted by atomic mass is 10.1. The maximum atomic E-state index is 11.0. The van der Waals surface area contributed by atoms with Gasteiger partial charge in [-0.2, -0.15) is 0 Å². The van der Waals surface area contributed by atoms with Crippen molar-refractivity contribution in [3.05, 3.63) is 60.2 Å². The van der Waals surface area contributed by atoms with Crippen molar-refractivity contribution in [3.8, 4) is 11.5 Å². The van der Waals surface area contributed by atoms with Gasteiger partial charge in [0, 0.05) is 13.8 Å². The van der Waals surface area contributed by atoms with E-state index in [2.05, 4.69) is 0 Å². The van der Waals surface area contributed by atoms with Crippen LogP contribution in [0.5, 0.6) is 11.5 Å². The van der Waals surface area contributed by atoms with Gasteiger partial charge in [-0.15, -0.1) is 0 Å². The fourth-order valence-corrected chi connectivity index (χ4v) is 1.95. The third-order valence-corrected chi connectivity index (χ3v) is 3.07. The molecule has 25 heavy (non-hydrogen) atoms. The normalized spacial score (nSPS) is 11.4. The molecule has 0 aliphatic carbocycles. The molecule has 0 saturated heterocycles. The van der Waals surface area contributed by atoms with Gasteiger partial charge in [-0.3, -0.25) is 9.59 Å². The van der Waals surface area contributed by atoms with Gasteiger partial charge in [0.2, 0.25) is 0 Å². The molecule has 0 atom stereocenters. The number of hydrogen-bond donors (Lipinski definition) is 1. The van der Waals surface area contributed by atoms with Crippen LogP contribution in [-0.2, 0) is 20.7 Å². The van der Waals surface area contributed by atoms with Crippen molar-refractivity contribution in [3.63, 3.8) is 0 Å². The number of carbonyl (C=O) groups excluding carboxylic acids is 2. The van der Waals surface area contributed by atoms with E-state index in [0.717, 1.165) is 18.4 Å². The minimum absolute atomic E-state index is 0.0436. The Labute approximate surface area is 148 Å². The van der Waals surface area contributed by atoms with Gasteiger partial charge in [-0.25, -0.2) is 0 Å². The highest BCUT2D eigenvalue weighted by molar-refractivity contribution is 5.70. The molecule has 1 aromatic carbocycles. The van der Waals surface area contributed by atoms with Crippen molar-refractivity contribution in [2.24, 2.45) is 0 Å². The number of allylic oxidation sites excluding steroid dienone is 5. The van der Waals surface area contributed by atoms with Gasteiger partial charge in [0.1, 0.15) is 0 Å². The van der Waals surface area contributed by atoms with E-state index >= 15 is 0 Å². The van der Waals surface area contributed by atoms with Crippen LogP contribution in [-0.4, -0.2) is 23.7 Å². The Morgan fingerprint density at radius 1 is 1.00 bits per heavy atom. The Morgan fingerprint density at radius 3 is 2.32 bits per heavy atom. The lowest BCUT2D eigenvalue weighted by Gasteiger charge is -2.06. The number of aromatic hydroxyl groups is 1. The molecule has 0 spiro atoms. The molecule has 0 radical (unpaired) electrons. The number of aryl methyl sites for hydroxylation is 1. The van der Waals surface area contributed by atoms with Gasteiger partial charge < -0.3 is 14.6 Å². The Balaban J connectivity index is 2.31. The molecule has 0 amide bonds. The predicted octanol–water partition coefficient (Wildman–Crippen LogP) is 3.87. The molecule has 0 fully saturated rings. The summed E-state index contributed by atoms with van der Waals surface area (Å²) >= 11 is 0. The summed E-state index contributed by atoms with van der Waals surface area (Å²) in [5.74, 6) is -0.579. The van der Waals surface area contributed by atoms with E-state index < -0.39 is 5.97 Å². The summed E-state index contributed by atoms with van der Waals surface area (Å²) in [5, 5.41) is 9.63. The summed E-state index contributed by atoms with van der Waals surface area (Å²) in [6.07, 6.45) is 13.9. The minimum Gasteiger partial charge on any atom is -0.504 e. The first-order valence-electron chi connectivity index (χ1n) is 8.11. The maximum absolute atomic E-state index is 11.0. The lowest BCUT2D eigenvalue weighted by Crippen LogP contribution is -2.02. The highest BCUT2D eigenvalue weighted by atomic mass is 16.5. The summed E-state index contributed by atoms with van der Waals surface area (Å²) in [6, 6.07) is 5.00. The Bertz CT molecular complexity index is 656.